The van der Waals surface area contributed by atoms with E-state index in [1.54, 1.807) is 23.7 Å². The van der Waals surface area contributed by atoms with Crippen LogP contribution in [0, 0.1) is 0 Å². The molecule has 112 valence electrons. The molecule has 2 aromatic heterocycles. The quantitative estimate of drug-likeness (QED) is 0.760. The molecule has 1 atom stereocenters. The van der Waals surface area contributed by atoms with Crippen LogP contribution in [0.3, 0.4) is 0 Å². The molecule has 3 N–H and O–H groups in total. The number of hydrogen-bond donors (Lipinski definition) is 3. The number of hydrogen-bond acceptors (Lipinski definition) is 5. The molecule has 0 saturated carbocycles. The topological polar surface area (TPSA) is 91.3 Å². The molecule has 8 heteroatoms. The number of nitrogens with zero attached hydrogens (tertiary/aromatic N) is 1. The van der Waals surface area contributed by atoms with E-state index in [0.29, 0.717) is 4.88 Å². The van der Waals surface area contributed by atoms with Crippen molar-refractivity contribution in [2.45, 2.75) is 25.9 Å². The monoisotopic (exact) mass is 325 g/mol. The summed E-state index contributed by atoms with van der Waals surface area (Å²) >= 11 is 2.82. The van der Waals surface area contributed by atoms with E-state index >= 15 is 0 Å². The number of aryl methyl sites for hydroxylation is 1. The van der Waals surface area contributed by atoms with Gasteiger partial charge in [-0.2, -0.15) is 0 Å². The maximum atomic E-state index is 11.8. The van der Waals surface area contributed by atoms with Gasteiger partial charge in [0.05, 0.1) is 6.54 Å². The van der Waals surface area contributed by atoms with Crippen LogP contribution in [0.1, 0.15) is 27.7 Å². The van der Waals surface area contributed by atoms with E-state index in [9.17, 15) is 9.59 Å². The fourth-order valence-corrected chi connectivity index (χ4v) is 3.21. The predicted octanol–water partition coefficient (Wildman–Crippen LogP) is 2.39. The lowest BCUT2D eigenvalue weighted by molar-refractivity contribution is -0.139. The number of amides is 2. The van der Waals surface area contributed by atoms with Gasteiger partial charge in [-0.25, -0.2) is 14.6 Å². The van der Waals surface area contributed by atoms with Gasteiger partial charge >= 0.3 is 12.0 Å². The van der Waals surface area contributed by atoms with Crippen molar-refractivity contribution in [2.75, 3.05) is 0 Å². The van der Waals surface area contributed by atoms with Crippen molar-refractivity contribution in [2.24, 2.45) is 0 Å². The maximum Gasteiger partial charge on any atom is 0.331 e. The third-order valence-corrected chi connectivity index (χ3v) is 4.78. The first-order chi connectivity index (χ1) is 10.1. The summed E-state index contributed by atoms with van der Waals surface area (Å²) in [6, 6.07) is 1.87. The van der Waals surface area contributed by atoms with Gasteiger partial charge in [0.25, 0.3) is 0 Å². The van der Waals surface area contributed by atoms with Gasteiger partial charge in [0.1, 0.15) is 5.01 Å². The highest BCUT2D eigenvalue weighted by Gasteiger charge is 2.22. The van der Waals surface area contributed by atoms with Crippen LogP contribution >= 0.6 is 22.7 Å². The summed E-state index contributed by atoms with van der Waals surface area (Å²) in [7, 11) is 0. The highest BCUT2D eigenvalue weighted by Crippen LogP contribution is 2.19. The Morgan fingerprint density at radius 3 is 2.86 bits per heavy atom. The zero-order valence-electron chi connectivity index (χ0n) is 11.3. The highest BCUT2D eigenvalue weighted by atomic mass is 32.1. The number of nitrogens with one attached hydrogen (secondary N) is 2. The van der Waals surface area contributed by atoms with Crippen LogP contribution in [0.2, 0.25) is 0 Å². The van der Waals surface area contributed by atoms with Gasteiger partial charge in [0.15, 0.2) is 6.04 Å². The Balaban J connectivity index is 1.89. The molecule has 0 aromatic carbocycles. The van der Waals surface area contributed by atoms with Crippen LogP contribution in [0.5, 0.6) is 0 Å². The van der Waals surface area contributed by atoms with Gasteiger partial charge in [-0.05, 0) is 17.9 Å². The summed E-state index contributed by atoms with van der Waals surface area (Å²) in [5.41, 5.74) is 0. The molecular formula is C13H15N3O3S2. The number of thiophene rings is 1. The molecule has 0 aliphatic carbocycles. The Kier molecular flexibility index (Phi) is 5.29. The first-order valence-electron chi connectivity index (χ1n) is 6.34. The normalized spacial score (nSPS) is 11.9. The molecule has 2 amide bonds. The SMILES string of the molecule is CCc1cnc(CNC(=O)NC(C(=O)O)c2cccs2)s1. The summed E-state index contributed by atoms with van der Waals surface area (Å²) in [4.78, 5) is 28.9. The predicted molar refractivity (Wildman–Crippen MR) is 81.6 cm³/mol. The molecule has 2 aromatic rings. The van der Waals surface area contributed by atoms with Crippen LogP contribution in [0.4, 0.5) is 4.79 Å². The molecular weight excluding hydrogens is 310 g/mol. The number of thiazole rings is 1. The highest BCUT2D eigenvalue weighted by molar-refractivity contribution is 7.11. The van der Waals surface area contributed by atoms with Crippen LogP contribution in [-0.2, 0) is 17.8 Å². The Hall–Kier alpha value is -1.93. The van der Waals surface area contributed by atoms with Crippen molar-refractivity contribution in [3.8, 4) is 0 Å². The first kappa shape index (κ1) is 15.5. The number of carbonyl (C=O) groups excluding carboxylic acids is 1. The van der Waals surface area contributed by atoms with E-state index < -0.39 is 18.0 Å². The summed E-state index contributed by atoms with van der Waals surface area (Å²) < 4.78 is 0. The molecule has 0 saturated heterocycles. The second-order valence-electron chi connectivity index (χ2n) is 4.19. The lowest BCUT2D eigenvalue weighted by Gasteiger charge is -2.13. The molecule has 6 nitrogen and oxygen atoms in total. The molecule has 0 bridgehead atoms. The Labute approximate surface area is 129 Å². The Bertz CT molecular complexity index is 610. The minimum Gasteiger partial charge on any atom is -0.479 e. The van der Waals surface area contributed by atoms with E-state index in [-0.39, 0.29) is 6.54 Å². The second kappa shape index (κ2) is 7.19. The van der Waals surface area contributed by atoms with Crippen molar-refractivity contribution in [3.05, 3.63) is 38.5 Å². The van der Waals surface area contributed by atoms with E-state index in [4.69, 9.17) is 5.11 Å². The van der Waals surface area contributed by atoms with Crippen LogP contribution in [0.25, 0.3) is 0 Å². The second-order valence-corrected chi connectivity index (χ2v) is 6.37. The van der Waals surface area contributed by atoms with Gasteiger partial charge in [-0.3, -0.25) is 0 Å². The summed E-state index contributed by atoms with van der Waals surface area (Å²) in [6.07, 6.45) is 2.69. The molecule has 21 heavy (non-hydrogen) atoms. The molecule has 0 aliphatic heterocycles. The first-order valence-corrected chi connectivity index (χ1v) is 8.04. The standard InChI is InChI=1S/C13H15N3O3S2/c1-2-8-6-14-10(21-8)7-15-13(19)16-11(12(17)18)9-4-3-5-20-9/h3-6,11H,2,7H2,1H3,(H,17,18)(H2,15,16,19). The number of carbonyl (C=O) groups is 2. The minimum atomic E-state index is -1.09. The van der Waals surface area contributed by atoms with E-state index in [1.807, 2.05) is 6.92 Å². The molecule has 2 heterocycles. The third-order valence-electron chi connectivity index (χ3n) is 2.70. The van der Waals surface area contributed by atoms with Gasteiger partial charge < -0.3 is 15.7 Å². The Morgan fingerprint density at radius 1 is 1.48 bits per heavy atom. The van der Waals surface area contributed by atoms with Gasteiger partial charge in [-0.15, -0.1) is 22.7 Å². The van der Waals surface area contributed by atoms with E-state index in [1.165, 1.54) is 22.7 Å². The summed E-state index contributed by atoms with van der Waals surface area (Å²) in [5, 5.41) is 16.8. The minimum absolute atomic E-state index is 0.285. The lowest BCUT2D eigenvalue weighted by atomic mass is 10.2. The molecule has 0 radical (unpaired) electrons. The smallest absolute Gasteiger partial charge is 0.331 e. The average Bonchev–Trinajstić information content (AvgIpc) is 3.13. The van der Waals surface area contributed by atoms with Crippen molar-refractivity contribution in [1.82, 2.24) is 15.6 Å². The van der Waals surface area contributed by atoms with Crippen molar-refractivity contribution < 1.29 is 14.7 Å². The van der Waals surface area contributed by atoms with E-state index in [2.05, 4.69) is 15.6 Å². The molecule has 0 fully saturated rings. The van der Waals surface area contributed by atoms with Crippen molar-refractivity contribution in [3.63, 3.8) is 0 Å². The number of rotatable bonds is 6. The number of aromatic nitrogens is 1. The average molecular weight is 325 g/mol. The van der Waals surface area contributed by atoms with Gasteiger partial charge in [0.2, 0.25) is 0 Å². The fraction of sp³-hybridized carbons (Fsp3) is 0.308. The van der Waals surface area contributed by atoms with Crippen LogP contribution in [-0.4, -0.2) is 22.1 Å². The number of aliphatic carboxylic acids is 1. The van der Waals surface area contributed by atoms with Crippen LogP contribution < -0.4 is 10.6 Å². The Morgan fingerprint density at radius 2 is 2.29 bits per heavy atom. The largest absolute Gasteiger partial charge is 0.479 e. The van der Waals surface area contributed by atoms with Gasteiger partial charge in [0, 0.05) is 16.0 Å². The fourth-order valence-electron chi connectivity index (χ4n) is 1.64. The van der Waals surface area contributed by atoms with Crippen molar-refractivity contribution >= 4 is 34.7 Å². The van der Waals surface area contributed by atoms with Crippen molar-refractivity contribution in [1.29, 1.82) is 0 Å². The number of carboxylic acids is 1. The van der Waals surface area contributed by atoms with E-state index in [0.717, 1.165) is 16.3 Å². The molecule has 0 spiro atoms. The zero-order chi connectivity index (χ0) is 15.2. The molecule has 0 aliphatic rings. The zero-order valence-corrected chi connectivity index (χ0v) is 13.0. The maximum absolute atomic E-state index is 11.8. The number of carboxylic acid groups (broad SMARTS) is 1. The summed E-state index contributed by atoms with van der Waals surface area (Å²) in [6.45, 7) is 2.32. The lowest BCUT2D eigenvalue weighted by Crippen LogP contribution is -2.40. The number of urea groups is 1. The summed E-state index contributed by atoms with van der Waals surface area (Å²) in [5.74, 6) is -1.09. The molecule has 2 rings (SSSR count). The third kappa shape index (κ3) is 4.27. The van der Waals surface area contributed by atoms with Gasteiger partial charge in [-0.1, -0.05) is 13.0 Å². The van der Waals surface area contributed by atoms with Crippen LogP contribution in [0.15, 0.2) is 23.7 Å². The molecule has 1 unspecified atom stereocenters.